The van der Waals surface area contributed by atoms with Crippen LogP contribution in [0.25, 0.3) is 0 Å². The number of hydrogen-bond acceptors (Lipinski definition) is 3. The molecule has 0 aliphatic carbocycles. The predicted molar refractivity (Wildman–Crippen MR) is 125 cm³/mol. The molecule has 5 nitrogen and oxygen atoms in total. The highest BCUT2D eigenvalue weighted by Gasteiger charge is 2.22. The molecule has 3 aromatic rings. The summed E-state index contributed by atoms with van der Waals surface area (Å²) in [7, 11) is -2.23. The Bertz CT molecular complexity index is 1150. The maximum absolute atomic E-state index is 13.0. The zero-order valence-electron chi connectivity index (χ0n) is 18.3. The Kier molecular flexibility index (Phi) is 6.81. The van der Waals surface area contributed by atoms with E-state index in [1.54, 1.807) is 48.5 Å². The summed E-state index contributed by atoms with van der Waals surface area (Å²) in [5.74, 6) is -0.255. The molecule has 1 N–H and O–H groups in total. The van der Waals surface area contributed by atoms with Crippen molar-refractivity contribution in [1.29, 1.82) is 0 Å². The van der Waals surface area contributed by atoms with Gasteiger partial charge in [0.05, 0.1) is 16.6 Å². The van der Waals surface area contributed by atoms with Crippen molar-refractivity contribution in [2.24, 2.45) is 0 Å². The second-order valence-electron chi connectivity index (χ2n) is 7.63. The monoisotopic (exact) mass is 436 g/mol. The molecule has 1 amide bonds. The van der Waals surface area contributed by atoms with Crippen LogP contribution in [-0.4, -0.2) is 21.4 Å². The summed E-state index contributed by atoms with van der Waals surface area (Å²) in [5, 5.41) is 2.99. The van der Waals surface area contributed by atoms with Crippen LogP contribution in [0.1, 0.15) is 46.9 Å². The van der Waals surface area contributed by atoms with Crippen molar-refractivity contribution in [1.82, 2.24) is 5.32 Å². The first-order valence-corrected chi connectivity index (χ1v) is 11.7. The molecule has 162 valence electrons. The number of carbonyl (C=O) groups is 1. The number of anilines is 1. The van der Waals surface area contributed by atoms with Crippen molar-refractivity contribution in [2.45, 2.75) is 38.1 Å². The first kappa shape index (κ1) is 22.6. The molecule has 0 saturated carbocycles. The van der Waals surface area contributed by atoms with Crippen molar-refractivity contribution in [2.75, 3.05) is 11.4 Å². The number of carbonyl (C=O) groups excluding carboxylic acids is 1. The van der Waals surface area contributed by atoms with Gasteiger partial charge in [-0.25, -0.2) is 8.42 Å². The van der Waals surface area contributed by atoms with E-state index in [4.69, 9.17) is 0 Å². The van der Waals surface area contributed by atoms with Gasteiger partial charge in [-0.3, -0.25) is 9.10 Å². The highest BCUT2D eigenvalue weighted by atomic mass is 32.2. The quantitative estimate of drug-likeness (QED) is 0.574. The zero-order chi connectivity index (χ0) is 22.6. The predicted octanol–water partition coefficient (Wildman–Crippen LogP) is 4.87. The third-order valence-corrected chi connectivity index (χ3v) is 7.19. The van der Waals surface area contributed by atoms with E-state index >= 15 is 0 Å². The van der Waals surface area contributed by atoms with Crippen LogP contribution >= 0.6 is 0 Å². The van der Waals surface area contributed by atoms with Crippen molar-refractivity contribution >= 4 is 21.6 Å². The first-order valence-electron chi connectivity index (χ1n) is 10.3. The van der Waals surface area contributed by atoms with Crippen LogP contribution in [0.15, 0.2) is 77.7 Å². The van der Waals surface area contributed by atoms with Crippen LogP contribution in [0.2, 0.25) is 0 Å². The lowest BCUT2D eigenvalue weighted by Gasteiger charge is -2.21. The molecule has 0 unspecified atom stereocenters. The van der Waals surface area contributed by atoms with Gasteiger partial charge in [0.1, 0.15) is 0 Å². The largest absolute Gasteiger partial charge is 0.346 e. The summed E-state index contributed by atoms with van der Waals surface area (Å²) in [4.78, 5) is 13.0. The maximum atomic E-state index is 13.0. The normalized spacial score (nSPS) is 12.3. The van der Waals surface area contributed by atoms with Gasteiger partial charge in [0.15, 0.2) is 0 Å². The molecular formula is C25H28N2O3S. The average molecular weight is 437 g/mol. The molecule has 0 aliphatic heterocycles. The van der Waals surface area contributed by atoms with Gasteiger partial charge in [0, 0.05) is 12.6 Å². The smallest absolute Gasteiger partial charge is 0.264 e. The number of rotatable bonds is 7. The van der Waals surface area contributed by atoms with Gasteiger partial charge >= 0.3 is 0 Å². The molecule has 3 rings (SSSR count). The van der Waals surface area contributed by atoms with Crippen LogP contribution in [0.4, 0.5) is 5.69 Å². The van der Waals surface area contributed by atoms with Gasteiger partial charge in [0.2, 0.25) is 0 Å². The van der Waals surface area contributed by atoms with E-state index in [0.29, 0.717) is 11.3 Å². The molecule has 0 bridgehead atoms. The van der Waals surface area contributed by atoms with Gasteiger partial charge < -0.3 is 5.32 Å². The highest BCUT2D eigenvalue weighted by molar-refractivity contribution is 7.92. The average Bonchev–Trinajstić information content (AvgIpc) is 2.78. The Labute approximate surface area is 184 Å². The fourth-order valence-corrected chi connectivity index (χ4v) is 4.44. The molecule has 0 radical (unpaired) electrons. The SMILES string of the molecule is CCc1ccc([C@H](C)NC(=O)c2cccc(N(C)S(=O)(=O)c3ccc(C)cc3)c2)cc1. The minimum absolute atomic E-state index is 0.170. The summed E-state index contributed by atoms with van der Waals surface area (Å²) < 4.78 is 27.1. The Morgan fingerprint density at radius 2 is 1.65 bits per heavy atom. The van der Waals surface area contributed by atoms with Gasteiger partial charge in [-0.2, -0.15) is 0 Å². The molecule has 0 spiro atoms. The Morgan fingerprint density at radius 1 is 1.00 bits per heavy atom. The van der Waals surface area contributed by atoms with E-state index in [0.717, 1.165) is 17.5 Å². The van der Waals surface area contributed by atoms with Crippen molar-refractivity contribution in [3.63, 3.8) is 0 Å². The number of aryl methyl sites for hydroxylation is 2. The van der Waals surface area contributed by atoms with Gasteiger partial charge in [-0.15, -0.1) is 0 Å². The first-order chi connectivity index (χ1) is 14.7. The third kappa shape index (κ3) is 5.14. The van der Waals surface area contributed by atoms with Gasteiger partial charge in [-0.1, -0.05) is 55.0 Å². The number of nitrogens with zero attached hydrogens (tertiary/aromatic N) is 1. The second kappa shape index (κ2) is 9.35. The molecule has 6 heteroatoms. The fourth-order valence-electron chi connectivity index (χ4n) is 3.26. The van der Waals surface area contributed by atoms with Gasteiger partial charge in [0.25, 0.3) is 15.9 Å². The molecule has 0 saturated heterocycles. The van der Waals surface area contributed by atoms with Gasteiger partial charge in [-0.05, 0) is 61.7 Å². The Morgan fingerprint density at radius 3 is 2.26 bits per heavy atom. The van der Waals surface area contributed by atoms with E-state index < -0.39 is 10.0 Å². The molecular weight excluding hydrogens is 408 g/mol. The van der Waals surface area contributed by atoms with Crippen LogP contribution in [0.5, 0.6) is 0 Å². The third-order valence-electron chi connectivity index (χ3n) is 5.39. The Hall–Kier alpha value is -3.12. The zero-order valence-corrected chi connectivity index (χ0v) is 19.1. The minimum atomic E-state index is -3.72. The van der Waals surface area contributed by atoms with E-state index in [1.165, 1.54) is 16.9 Å². The van der Waals surface area contributed by atoms with Crippen LogP contribution in [-0.2, 0) is 16.4 Å². The molecule has 0 fully saturated rings. The fraction of sp³-hybridized carbons (Fsp3) is 0.240. The lowest BCUT2D eigenvalue weighted by molar-refractivity contribution is 0.0940. The number of benzene rings is 3. The minimum Gasteiger partial charge on any atom is -0.346 e. The van der Waals surface area contributed by atoms with Crippen molar-refractivity contribution in [3.05, 3.63) is 95.1 Å². The van der Waals surface area contributed by atoms with Crippen LogP contribution < -0.4 is 9.62 Å². The molecule has 31 heavy (non-hydrogen) atoms. The van der Waals surface area contributed by atoms with E-state index in [9.17, 15) is 13.2 Å². The van der Waals surface area contributed by atoms with Crippen LogP contribution in [0, 0.1) is 6.92 Å². The Balaban J connectivity index is 1.78. The lowest BCUT2D eigenvalue weighted by atomic mass is 10.0. The number of hydrogen-bond donors (Lipinski definition) is 1. The standard InChI is InChI=1S/C25H28N2O3S/c1-5-20-11-13-21(14-12-20)19(3)26-25(28)22-7-6-8-23(17-22)27(4)31(29,30)24-15-9-18(2)10-16-24/h6-17,19H,5H2,1-4H3,(H,26,28)/t19-/m0/s1. The van der Waals surface area contributed by atoms with Crippen molar-refractivity contribution < 1.29 is 13.2 Å². The molecule has 3 aromatic carbocycles. The molecule has 1 atom stereocenters. The molecule has 0 aliphatic rings. The second-order valence-corrected chi connectivity index (χ2v) is 9.60. The summed E-state index contributed by atoms with van der Waals surface area (Å²) >= 11 is 0. The summed E-state index contributed by atoms with van der Waals surface area (Å²) in [6.07, 6.45) is 0.965. The summed E-state index contributed by atoms with van der Waals surface area (Å²) in [6.45, 7) is 5.93. The van der Waals surface area contributed by atoms with E-state index in [2.05, 4.69) is 24.4 Å². The highest BCUT2D eigenvalue weighted by Crippen LogP contribution is 2.24. The number of nitrogens with one attached hydrogen (secondary N) is 1. The maximum Gasteiger partial charge on any atom is 0.264 e. The van der Waals surface area contributed by atoms with E-state index in [-0.39, 0.29) is 16.8 Å². The summed E-state index contributed by atoms with van der Waals surface area (Å²) in [6, 6.07) is 21.3. The summed E-state index contributed by atoms with van der Waals surface area (Å²) in [5.41, 5.74) is 4.07. The number of amides is 1. The molecule has 0 aromatic heterocycles. The molecule has 0 heterocycles. The number of sulfonamides is 1. The van der Waals surface area contributed by atoms with Crippen molar-refractivity contribution in [3.8, 4) is 0 Å². The van der Waals surface area contributed by atoms with Crippen LogP contribution in [0.3, 0.4) is 0 Å². The topological polar surface area (TPSA) is 66.5 Å². The van der Waals surface area contributed by atoms with E-state index in [1.807, 2.05) is 26.0 Å². The lowest BCUT2D eigenvalue weighted by Crippen LogP contribution is -2.28.